The quantitative estimate of drug-likeness (QED) is 0.182. The minimum Gasteiger partial charge on any atom is -0.450 e. The van der Waals surface area contributed by atoms with E-state index in [9.17, 15) is 0 Å². The summed E-state index contributed by atoms with van der Waals surface area (Å²) in [5, 5.41) is 0. The topological polar surface area (TPSA) is 21.7 Å². The first-order valence-corrected chi connectivity index (χ1v) is 18.7. The largest absolute Gasteiger partial charge is 0.450 e. The van der Waals surface area contributed by atoms with Crippen molar-refractivity contribution >= 4 is 28.8 Å². The zero-order valence-corrected chi connectivity index (χ0v) is 29.4. The third-order valence-electron chi connectivity index (χ3n) is 10.8. The number of nitrogens with zero attached hydrogens (tertiary/aromatic N) is 1. The minimum absolute atomic E-state index is 0.509. The van der Waals surface area contributed by atoms with Crippen molar-refractivity contribution in [1.82, 2.24) is 0 Å². The zero-order chi connectivity index (χ0) is 34.9. The molecule has 0 fully saturated rings. The van der Waals surface area contributed by atoms with E-state index in [0.29, 0.717) is 23.0 Å². The maximum atomic E-state index is 6.82. The smallest absolute Gasteiger partial charge is 0.170 e. The van der Waals surface area contributed by atoms with E-state index in [0.717, 1.165) is 22.4 Å². The van der Waals surface area contributed by atoms with Crippen LogP contribution in [0.1, 0.15) is 22.3 Å². The van der Waals surface area contributed by atoms with Gasteiger partial charge in [-0.25, -0.2) is 0 Å². The fourth-order valence-corrected chi connectivity index (χ4v) is 9.62. The Labute approximate surface area is 312 Å². The van der Waals surface area contributed by atoms with E-state index in [2.05, 4.69) is 187 Å². The molecule has 2 aliphatic heterocycles. The Hall–Kier alpha value is -6.49. The fourth-order valence-electron chi connectivity index (χ4n) is 8.56. The SMILES string of the molecule is c1ccc(C2(c3ccccc3)c3ccccc3-c3cc4c(cc32)Oc2ccc(-c3ccccc3N3c5ccccc5Sc5ccccc53)cc2O4)cc1. The standard InChI is InChI=1S/C49H31NO2S/c1-3-15-33(16-4-1)49(34-17-5-2-6-18-34)38-21-9-7-20-36(38)37-30-45-46(31-39(37)49)51-43-28-27-32(29-44(43)52-45)35-19-8-10-22-40(35)50-41-23-11-13-25-47(41)53-48-26-14-12-24-42(48)50/h1-31H. The van der Waals surface area contributed by atoms with Crippen molar-refractivity contribution in [2.24, 2.45) is 0 Å². The van der Waals surface area contributed by atoms with E-state index < -0.39 is 5.41 Å². The second-order valence-corrected chi connectivity index (χ2v) is 14.7. The third kappa shape index (κ3) is 4.49. The third-order valence-corrected chi connectivity index (χ3v) is 11.9. The summed E-state index contributed by atoms with van der Waals surface area (Å²) in [5.41, 5.74) is 12.3. The van der Waals surface area contributed by atoms with Gasteiger partial charge in [0.2, 0.25) is 0 Å². The predicted molar refractivity (Wildman–Crippen MR) is 215 cm³/mol. The van der Waals surface area contributed by atoms with Crippen LogP contribution in [0.15, 0.2) is 198 Å². The highest BCUT2D eigenvalue weighted by Crippen LogP contribution is 2.60. The molecule has 3 aliphatic rings. The summed E-state index contributed by atoms with van der Waals surface area (Å²) < 4.78 is 13.6. The molecule has 0 saturated heterocycles. The molecule has 0 N–H and O–H groups in total. The summed E-state index contributed by atoms with van der Waals surface area (Å²) >= 11 is 1.82. The Bertz CT molecular complexity index is 2640. The lowest BCUT2D eigenvalue weighted by Crippen LogP contribution is -2.28. The Morgan fingerprint density at radius 1 is 0.377 bits per heavy atom. The first-order chi connectivity index (χ1) is 26.3. The molecule has 0 amide bonds. The van der Waals surface area contributed by atoms with Gasteiger partial charge in [0.25, 0.3) is 0 Å². The summed E-state index contributed by atoms with van der Waals surface area (Å²) in [7, 11) is 0. The molecule has 1 aliphatic carbocycles. The number of benzene rings is 8. The highest BCUT2D eigenvalue weighted by atomic mass is 32.2. The molecule has 8 aromatic rings. The summed E-state index contributed by atoms with van der Waals surface area (Å²) in [5.74, 6) is 2.82. The van der Waals surface area contributed by atoms with Gasteiger partial charge in [0.15, 0.2) is 23.0 Å². The van der Waals surface area contributed by atoms with E-state index >= 15 is 0 Å². The molecular formula is C49H31NO2S. The molecule has 0 unspecified atom stereocenters. The number of fused-ring (bicyclic) bond motifs is 7. The summed E-state index contributed by atoms with van der Waals surface area (Å²) in [6, 6.07) is 67.0. The van der Waals surface area contributed by atoms with Gasteiger partial charge in [0, 0.05) is 15.4 Å². The Morgan fingerprint density at radius 2 is 0.906 bits per heavy atom. The van der Waals surface area contributed by atoms with Gasteiger partial charge in [-0.1, -0.05) is 145 Å². The Balaban J connectivity index is 1.04. The molecule has 2 heterocycles. The van der Waals surface area contributed by atoms with Crippen molar-refractivity contribution in [3.63, 3.8) is 0 Å². The van der Waals surface area contributed by atoms with Crippen LogP contribution in [0.25, 0.3) is 22.3 Å². The molecular weight excluding hydrogens is 667 g/mol. The number of ether oxygens (including phenoxy) is 2. The summed E-state index contributed by atoms with van der Waals surface area (Å²) in [4.78, 5) is 4.85. The number of anilines is 3. The summed E-state index contributed by atoms with van der Waals surface area (Å²) in [6.45, 7) is 0. The molecule has 0 saturated carbocycles. The van der Waals surface area contributed by atoms with Gasteiger partial charge in [-0.05, 0) is 93.5 Å². The van der Waals surface area contributed by atoms with Gasteiger partial charge in [-0.15, -0.1) is 0 Å². The molecule has 3 nitrogen and oxygen atoms in total. The normalized spacial score (nSPS) is 14.0. The molecule has 53 heavy (non-hydrogen) atoms. The molecule has 0 aromatic heterocycles. The van der Waals surface area contributed by atoms with Crippen molar-refractivity contribution in [1.29, 1.82) is 0 Å². The van der Waals surface area contributed by atoms with Gasteiger partial charge in [-0.3, -0.25) is 0 Å². The second kappa shape index (κ2) is 11.8. The minimum atomic E-state index is -0.509. The monoisotopic (exact) mass is 697 g/mol. The van der Waals surface area contributed by atoms with Crippen molar-refractivity contribution < 1.29 is 9.47 Å². The van der Waals surface area contributed by atoms with Crippen molar-refractivity contribution in [3.05, 3.63) is 210 Å². The Morgan fingerprint density at radius 3 is 1.60 bits per heavy atom. The zero-order valence-electron chi connectivity index (χ0n) is 28.6. The van der Waals surface area contributed by atoms with E-state index in [1.807, 2.05) is 17.8 Å². The molecule has 0 bridgehead atoms. The van der Waals surface area contributed by atoms with Crippen molar-refractivity contribution in [2.75, 3.05) is 4.90 Å². The lowest BCUT2D eigenvalue weighted by atomic mass is 9.67. The van der Waals surface area contributed by atoms with Crippen LogP contribution in [-0.2, 0) is 5.41 Å². The number of hydrogen-bond donors (Lipinski definition) is 0. The molecule has 8 aromatic carbocycles. The maximum absolute atomic E-state index is 6.82. The number of hydrogen-bond acceptors (Lipinski definition) is 4. The lowest BCUT2D eigenvalue weighted by Gasteiger charge is -2.34. The second-order valence-electron chi connectivity index (χ2n) is 13.6. The highest BCUT2D eigenvalue weighted by molar-refractivity contribution is 7.99. The summed E-state index contributed by atoms with van der Waals surface area (Å²) in [6.07, 6.45) is 0. The first kappa shape index (κ1) is 30.2. The van der Waals surface area contributed by atoms with E-state index in [4.69, 9.17) is 9.47 Å². The van der Waals surface area contributed by atoms with E-state index in [1.165, 1.54) is 49.0 Å². The fraction of sp³-hybridized carbons (Fsp3) is 0.0204. The van der Waals surface area contributed by atoms with Crippen LogP contribution in [0.3, 0.4) is 0 Å². The van der Waals surface area contributed by atoms with Crippen LogP contribution < -0.4 is 14.4 Å². The molecule has 0 radical (unpaired) electrons. The van der Waals surface area contributed by atoms with Crippen LogP contribution in [-0.4, -0.2) is 0 Å². The van der Waals surface area contributed by atoms with Gasteiger partial charge in [0.05, 0.1) is 22.5 Å². The van der Waals surface area contributed by atoms with Crippen molar-refractivity contribution in [2.45, 2.75) is 15.2 Å². The van der Waals surface area contributed by atoms with E-state index in [-0.39, 0.29) is 0 Å². The highest BCUT2D eigenvalue weighted by Gasteiger charge is 2.47. The lowest BCUT2D eigenvalue weighted by molar-refractivity contribution is 0.359. The van der Waals surface area contributed by atoms with Gasteiger partial charge >= 0.3 is 0 Å². The van der Waals surface area contributed by atoms with Crippen LogP contribution in [0, 0.1) is 0 Å². The average Bonchev–Trinajstić information content (AvgIpc) is 3.51. The first-order valence-electron chi connectivity index (χ1n) is 17.9. The van der Waals surface area contributed by atoms with Gasteiger partial charge in [-0.2, -0.15) is 0 Å². The number of para-hydroxylation sites is 3. The van der Waals surface area contributed by atoms with Crippen LogP contribution in [0.5, 0.6) is 23.0 Å². The van der Waals surface area contributed by atoms with E-state index in [1.54, 1.807) is 0 Å². The maximum Gasteiger partial charge on any atom is 0.170 e. The van der Waals surface area contributed by atoms with Crippen molar-refractivity contribution in [3.8, 4) is 45.3 Å². The van der Waals surface area contributed by atoms with Crippen LogP contribution in [0.4, 0.5) is 17.1 Å². The molecule has 250 valence electrons. The van der Waals surface area contributed by atoms with Gasteiger partial charge in [0.1, 0.15) is 0 Å². The Kier molecular flexibility index (Phi) is 6.70. The predicted octanol–water partition coefficient (Wildman–Crippen LogP) is 13.5. The molecule has 11 rings (SSSR count). The van der Waals surface area contributed by atoms with Crippen LogP contribution >= 0.6 is 11.8 Å². The van der Waals surface area contributed by atoms with Gasteiger partial charge < -0.3 is 14.4 Å². The number of rotatable bonds is 4. The molecule has 0 spiro atoms. The molecule has 4 heteroatoms. The average molecular weight is 698 g/mol. The van der Waals surface area contributed by atoms with Crippen LogP contribution in [0.2, 0.25) is 0 Å². The molecule has 0 atom stereocenters.